The van der Waals surface area contributed by atoms with Gasteiger partial charge in [0.05, 0.1) is 7.11 Å². The highest BCUT2D eigenvalue weighted by Gasteiger charge is 2.39. The van der Waals surface area contributed by atoms with Crippen molar-refractivity contribution in [2.24, 2.45) is 0 Å². The maximum atomic E-state index is 11.6. The molecule has 5 nitrogen and oxygen atoms in total. The predicted molar refractivity (Wildman–Crippen MR) is 48.6 cm³/mol. The third-order valence-electron chi connectivity index (χ3n) is 2.48. The Hall–Kier alpha value is -1.10. The molecular formula is C9H15NO4. The maximum absolute atomic E-state index is 11.6. The summed E-state index contributed by atoms with van der Waals surface area (Å²) < 4.78 is 9.46. The lowest BCUT2D eigenvalue weighted by Crippen LogP contribution is -2.58. The smallest absolute Gasteiger partial charge is 0.328 e. The predicted octanol–water partition coefficient (Wildman–Crippen LogP) is -0.205. The zero-order valence-electron chi connectivity index (χ0n) is 8.65. The van der Waals surface area contributed by atoms with E-state index in [-0.39, 0.29) is 11.9 Å². The van der Waals surface area contributed by atoms with E-state index in [1.165, 1.54) is 19.1 Å². The normalized spacial score (nSPS) is 22.5. The molecule has 1 heterocycles. The second kappa shape index (κ2) is 4.41. The molecule has 1 saturated heterocycles. The monoisotopic (exact) mass is 201 g/mol. The van der Waals surface area contributed by atoms with Crippen molar-refractivity contribution in [3.63, 3.8) is 0 Å². The van der Waals surface area contributed by atoms with E-state index in [1.807, 2.05) is 0 Å². The molecule has 5 heteroatoms. The first-order valence-corrected chi connectivity index (χ1v) is 4.53. The Bertz CT molecular complexity index is 241. The van der Waals surface area contributed by atoms with Crippen LogP contribution in [0.3, 0.4) is 0 Å². The zero-order chi connectivity index (χ0) is 10.7. The molecular weight excluding hydrogens is 186 g/mol. The van der Waals surface area contributed by atoms with Gasteiger partial charge in [0, 0.05) is 13.7 Å². The molecule has 1 aliphatic rings. The van der Waals surface area contributed by atoms with E-state index < -0.39 is 12.1 Å². The third-order valence-corrected chi connectivity index (χ3v) is 2.48. The van der Waals surface area contributed by atoms with E-state index in [2.05, 4.69) is 4.74 Å². The molecule has 1 rings (SSSR count). The van der Waals surface area contributed by atoms with Crippen LogP contribution in [0.2, 0.25) is 0 Å². The number of carbonyl (C=O) groups is 2. The van der Waals surface area contributed by atoms with Crippen LogP contribution < -0.4 is 0 Å². The number of ether oxygens (including phenoxy) is 2. The molecule has 0 bridgehead atoms. The van der Waals surface area contributed by atoms with Gasteiger partial charge in [-0.1, -0.05) is 0 Å². The Labute approximate surface area is 83.0 Å². The third kappa shape index (κ3) is 1.87. The van der Waals surface area contributed by atoms with Crippen molar-refractivity contribution in [3.8, 4) is 0 Å². The molecule has 0 aromatic carbocycles. The number of esters is 1. The lowest BCUT2D eigenvalue weighted by atomic mass is 10.0. The Balaban J connectivity index is 2.54. The molecule has 0 aliphatic carbocycles. The number of rotatable bonds is 3. The molecule has 0 aromatic heterocycles. The Morgan fingerprint density at radius 1 is 1.43 bits per heavy atom. The van der Waals surface area contributed by atoms with Crippen LogP contribution in [0.25, 0.3) is 0 Å². The lowest BCUT2D eigenvalue weighted by Gasteiger charge is -2.39. The van der Waals surface area contributed by atoms with Crippen molar-refractivity contribution in [2.45, 2.75) is 25.5 Å². The minimum atomic E-state index is -0.498. The van der Waals surface area contributed by atoms with Crippen molar-refractivity contribution >= 4 is 11.9 Å². The van der Waals surface area contributed by atoms with Gasteiger partial charge in [0.25, 0.3) is 5.91 Å². The first kappa shape index (κ1) is 11.0. The molecule has 0 spiro atoms. The summed E-state index contributed by atoms with van der Waals surface area (Å²) in [6.45, 7) is 2.27. The summed E-state index contributed by atoms with van der Waals surface area (Å²) in [7, 11) is 2.79. The van der Waals surface area contributed by atoms with Crippen molar-refractivity contribution in [2.75, 3.05) is 20.8 Å². The topological polar surface area (TPSA) is 55.8 Å². The number of nitrogens with zero attached hydrogens (tertiary/aromatic N) is 1. The van der Waals surface area contributed by atoms with Crippen LogP contribution in [0.1, 0.15) is 13.3 Å². The molecule has 0 saturated carbocycles. The van der Waals surface area contributed by atoms with Gasteiger partial charge in [0.1, 0.15) is 12.1 Å². The van der Waals surface area contributed by atoms with Crippen molar-refractivity contribution in [1.82, 2.24) is 4.90 Å². The van der Waals surface area contributed by atoms with Crippen LogP contribution in [0, 0.1) is 0 Å². The summed E-state index contributed by atoms with van der Waals surface area (Å²) in [5.74, 6) is -0.512. The first-order chi connectivity index (χ1) is 6.61. The number of hydrogen-bond donors (Lipinski definition) is 0. The van der Waals surface area contributed by atoms with Gasteiger partial charge < -0.3 is 14.4 Å². The zero-order valence-corrected chi connectivity index (χ0v) is 8.65. The molecule has 0 N–H and O–H groups in total. The number of likely N-dealkylation sites (tertiary alicyclic amines) is 1. The highest BCUT2D eigenvalue weighted by atomic mass is 16.5. The minimum absolute atomic E-state index is 0.158. The van der Waals surface area contributed by atoms with E-state index in [1.54, 1.807) is 6.92 Å². The molecule has 0 radical (unpaired) electrons. The second-order valence-corrected chi connectivity index (χ2v) is 3.24. The summed E-state index contributed by atoms with van der Waals surface area (Å²) in [6.07, 6.45) is 0.178. The second-order valence-electron chi connectivity index (χ2n) is 3.24. The summed E-state index contributed by atoms with van der Waals surface area (Å²) in [6, 6.07) is -0.412. The Kier molecular flexibility index (Phi) is 3.46. The lowest BCUT2D eigenvalue weighted by molar-refractivity contribution is -0.164. The fourth-order valence-corrected chi connectivity index (χ4v) is 1.37. The number of methoxy groups -OCH3 is 2. The van der Waals surface area contributed by atoms with Crippen LogP contribution in [0.15, 0.2) is 0 Å². The van der Waals surface area contributed by atoms with Crippen LogP contribution in [0.5, 0.6) is 0 Å². The van der Waals surface area contributed by atoms with E-state index in [0.717, 1.165) is 0 Å². The summed E-state index contributed by atoms with van der Waals surface area (Å²) >= 11 is 0. The standard InChI is InChI=1S/C9H15NO4/c1-6(13-2)8(11)10-5-4-7(10)9(12)14-3/h6-7H,4-5H2,1-3H3. The summed E-state index contributed by atoms with van der Waals surface area (Å²) in [5.41, 5.74) is 0. The van der Waals surface area contributed by atoms with Crippen LogP contribution >= 0.6 is 0 Å². The molecule has 1 fully saturated rings. The highest BCUT2D eigenvalue weighted by Crippen LogP contribution is 2.20. The molecule has 1 amide bonds. The van der Waals surface area contributed by atoms with Crippen LogP contribution in [-0.4, -0.2) is 49.7 Å². The fourth-order valence-electron chi connectivity index (χ4n) is 1.37. The molecule has 2 unspecified atom stereocenters. The molecule has 2 atom stereocenters. The average molecular weight is 201 g/mol. The van der Waals surface area contributed by atoms with Gasteiger partial charge in [-0.15, -0.1) is 0 Å². The van der Waals surface area contributed by atoms with E-state index >= 15 is 0 Å². The van der Waals surface area contributed by atoms with Gasteiger partial charge in [-0.05, 0) is 13.3 Å². The fraction of sp³-hybridized carbons (Fsp3) is 0.778. The maximum Gasteiger partial charge on any atom is 0.328 e. The number of amides is 1. The minimum Gasteiger partial charge on any atom is -0.467 e. The van der Waals surface area contributed by atoms with Gasteiger partial charge >= 0.3 is 5.97 Å². The van der Waals surface area contributed by atoms with Gasteiger partial charge in [-0.2, -0.15) is 0 Å². The molecule has 0 aromatic rings. The number of carbonyl (C=O) groups excluding carboxylic acids is 2. The quantitative estimate of drug-likeness (QED) is 0.593. The molecule has 80 valence electrons. The van der Waals surface area contributed by atoms with Gasteiger partial charge in [0.15, 0.2) is 0 Å². The van der Waals surface area contributed by atoms with Crippen molar-refractivity contribution in [1.29, 1.82) is 0 Å². The Morgan fingerprint density at radius 3 is 2.43 bits per heavy atom. The molecule has 1 aliphatic heterocycles. The average Bonchev–Trinajstić information content (AvgIpc) is 2.14. The SMILES string of the molecule is COC(=O)C1CCN1C(=O)C(C)OC. The largest absolute Gasteiger partial charge is 0.467 e. The van der Waals surface area contributed by atoms with Crippen molar-refractivity contribution in [3.05, 3.63) is 0 Å². The molecule has 14 heavy (non-hydrogen) atoms. The highest BCUT2D eigenvalue weighted by molar-refractivity contribution is 5.88. The van der Waals surface area contributed by atoms with E-state index in [0.29, 0.717) is 13.0 Å². The van der Waals surface area contributed by atoms with E-state index in [9.17, 15) is 9.59 Å². The van der Waals surface area contributed by atoms with Gasteiger partial charge in [-0.25, -0.2) is 4.79 Å². The number of hydrogen-bond acceptors (Lipinski definition) is 4. The van der Waals surface area contributed by atoms with E-state index in [4.69, 9.17) is 4.74 Å². The van der Waals surface area contributed by atoms with Crippen molar-refractivity contribution < 1.29 is 19.1 Å². The van der Waals surface area contributed by atoms with Gasteiger partial charge in [0.2, 0.25) is 0 Å². The summed E-state index contributed by atoms with van der Waals surface area (Å²) in [4.78, 5) is 24.2. The first-order valence-electron chi connectivity index (χ1n) is 4.53. The van der Waals surface area contributed by atoms with Crippen LogP contribution in [-0.2, 0) is 19.1 Å². The summed E-state index contributed by atoms with van der Waals surface area (Å²) in [5, 5.41) is 0. The van der Waals surface area contributed by atoms with Crippen LogP contribution in [0.4, 0.5) is 0 Å². The Morgan fingerprint density at radius 2 is 2.07 bits per heavy atom. The van der Waals surface area contributed by atoms with Gasteiger partial charge in [-0.3, -0.25) is 4.79 Å².